The predicted molar refractivity (Wildman–Crippen MR) is 84.0 cm³/mol. The first-order valence-corrected chi connectivity index (χ1v) is 7.88. The first-order valence-electron chi connectivity index (χ1n) is 7.88. The molecule has 1 N–H and O–H groups in total. The van der Waals surface area contributed by atoms with Crippen molar-refractivity contribution in [2.24, 2.45) is 0 Å². The summed E-state index contributed by atoms with van der Waals surface area (Å²) >= 11 is 0. The first-order chi connectivity index (χ1) is 10.6. The Morgan fingerprint density at radius 3 is 2.50 bits per heavy atom. The highest BCUT2D eigenvalue weighted by atomic mass is 19.1. The third-order valence-corrected chi connectivity index (χ3v) is 3.45. The predicted octanol–water partition coefficient (Wildman–Crippen LogP) is 2.91. The smallest absolute Gasteiger partial charge is 0.307 e. The van der Waals surface area contributed by atoms with Crippen LogP contribution >= 0.6 is 0 Å². The van der Waals surface area contributed by atoms with E-state index in [1.54, 1.807) is 19.1 Å². The third kappa shape index (κ3) is 7.00. The lowest BCUT2D eigenvalue weighted by Crippen LogP contribution is -2.29. The standard InChI is InChI=1S/C17H26FNO3/c1-3-11-19(13-10-17(21)22-4-2)12-9-16(20)14-5-7-15(18)8-6-14/h5-8,16,20H,3-4,9-13H2,1-2H3. The minimum absolute atomic E-state index is 0.192. The molecule has 124 valence electrons. The fraction of sp³-hybridized carbons (Fsp3) is 0.588. The number of carbonyl (C=O) groups is 1. The maximum absolute atomic E-state index is 12.9. The normalized spacial score (nSPS) is 12.4. The lowest BCUT2D eigenvalue weighted by Gasteiger charge is -2.22. The molecule has 22 heavy (non-hydrogen) atoms. The van der Waals surface area contributed by atoms with Crippen molar-refractivity contribution in [1.29, 1.82) is 0 Å². The van der Waals surface area contributed by atoms with Crippen LogP contribution in [0.25, 0.3) is 0 Å². The van der Waals surface area contributed by atoms with E-state index >= 15 is 0 Å². The Balaban J connectivity index is 2.42. The number of benzene rings is 1. The SMILES string of the molecule is CCCN(CCC(=O)OCC)CCC(O)c1ccc(F)cc1. The van der Waals surface area contributed by atoms with Crippen LogP contribution in [0.5, 0.6) is 0 Å². The molecule has 0 aliphatic carbocycles. The van der Waals surface area contributed by atoms with E-state index in [1.165, 1.54) is 12.1 Å². The minimum Gasteiger partial charge on any atom is -0.466 e. The largest absolute Gasteiger partial charge is 0.466 e. The van der Waals surface area contributed by atoms with Crippen LogP contribution in [-0.4, -0.2) is 42.2 Å². The van der Waals surface area contributed by atoms with Gasteiger partial charge in [-0.25, -0.2) is 4.39 Å². The van der Waals surface area contributed by atoms with Crippen molar-refractivity contribution in [1.82, 2.24) is 4.90 Å². The number of hydrogen-bond acceptors (Lipinski definition) is 4. The molecule has 0 amide bonds. The summed E-state index contributed by atoms with van der Waals surface area (Å²) in [6.07, 6.45) is 1.27. The van der Waals surface area contributed by atoms with Crippen molar-refractivity contribution in [3.63, 3.8) is 0 Å². The lowest BCUT2D eigenvalue weighted by molar-refractivity contribution is -0.143. The summed E-state index contributed by atoms with van der Waals surface area (Å²) in [6.45, 7) is 6.45. The summed E-state index contributed by atoms with van der Waals surface area (Å²) in [5.74, 6) is -0.499. The molecule has 1 atom stereocenters. The summed E-state index contributed by atoms with van der Waals surface area (Å²) in [4.78, 5) is 13.6. The second kappa shape index (κ2) is 10.3. The molecular weight excluding hydrogens is 285 g/mol. The summed E-state index contributed by atoms with van der Waals surface area (Å²) < 4.78 is 17.8. The van der Waals surface area contributed by atoms with Crippen molar-refractivity contribution in [2.45, 2.75) is 39.2 Å². The number of nitrogens with zero attached hydrogens (tertiary/aromatic N) is 1. The number of hydrogen-bond donors (Lipinski definition) is 1. The zero-order chi connectivity index (χ0) is 16.4. The van der Waals surface area contributed by atoms with Gasteiger partial charge in [0.25, 0.3) is 0 Å². The van der Waals surface area contributed by atoms with Gasteiger partial charge in [0.1, 0.15) is 5.82 Å². The highest BCUT2D eigenvalue weighted by molar-refractivity contribution is 5.69. The fourth-order valence-corrected chi connectivity index (χ4v) is 2.29. The van der Waals surface area contributed by atoms with Gasteiger partial charge < -0.3 is 14.7 Å². The van der Waals surface area contributed by atoms with Gasteiger partial charge in [-0.05, 0) is 44.0 Å². The van der Waals surface area contributed by atoms with Crippen LogP contribution in [0, 0.1) is 5.82 Å². The molecule has 0 aliphatic rings. The molecule has 0 heterocycles. The second-order valence-electron chi connectivity index (χ2n) is 5.25. The molecule has 0 aromatic heterocycles. The van der Waals surface area contributed by atoms with Gasteiger partial charge >= 0.3 is 5.97 Å². The first kappa shape index (κ1) is 18.6. The van der Waals surface area contributed by atoms with Gasteiger partial charge in [-0.2, -0.15) is 0 Å². The van der Waals surface area contributed by atoms with Crippen LogP contribution in [-0.2, 0) is 9.53 Å². The average Bonchev–Trinajstić information content (AvgIpc) is 2.50. The van der Waals surface area contributed by atoms with Crippen LogP contribution in [0.3, 0.4) is 0 Å². The number of halogens is 1. The van der Waals surface area contributed by atoms with Gasteiger partial charge in [0.2, 0.25) is 0 Å². The Morgan fingerprint density at radius 2 is 1.91 bits per heavy atom. The molecule has 0 radical (unpaired) electrons. The van der Waals surface area contributed by atoms with Gasteiger partial charge in [0.05, 0.1) is 19.1 Å². The number of aliphatic hydroxyl groups is 1. The molecular formula is C17H26FNO3. The molecule has 0 saturated carbocycles. The highest BCUT2D eigenvalue weighted by Gasteiger charge is 2.12. The Labute approximate surface area is 131 Å². The Hall–Kier alpha value is -1.46. The van der Waals surface area contributed by atoms with E-state index < -0.39 is 6.10 Å². The Bertz CT molecular complexity index is 436. The summed E-state index contributed by atoms with van der Waals surface area (Å²) in [5, 5.41) is 10.1. The van der Waals surface area contributed by atoms with Gasteiger partial charge in [-0.1, -0.05) is 19.1 Å². The zero-order valence-electron chi connectivity index (χ0n) is 13.4. The van der Waals surface area contributed by atoms with Crippen molar-refractivity contribution in [3.05, 3.63) is 35.6 Å². The average molecular weight is 311 g/mol. The van der Waals surface area contributed by atoms with Crippen molar-refractivity contribution in [2.75, 3.05) is 26.2 Å². The molecule has 1 rings (SSSR count). The number of aliphatic hydroxyl groups excluding tert-OH is 1. The van der Waals surface area contributed by atoms with Crippen LogP contribution in [0.4, 0.5) is 4.39 Å². The maximum atomic E-state index is 12.9. The van der Waals surface area contributed by atoms with E-state index in [4.69, 9.17) is 4.74 Å². The molecule has 0 aliphatic heterocycles. The van der Waals surface area contributed by atoms with Gasteiger partial charge in [-0.3, -0.25) is 4.79 Å². The van der Waals surface area contributed by atoms with Gasteiger partial charge in [-0.15, -0.1) is 0 Å². The van der Waals surface area contributed by atoms with Crippen LogP contribution in [0.1, 0.15) is 44.8 Å². The van der Waals surface area contributed by atoms with E-state index in [1.807, 2.05) is 0 Å². The number of ether oxygens (including phenoxy) is 1. The zero-order valence-corrected chi connectivity index (χ0v) is 13.4. The second-order valence-corrected chi connectivity index (χ2v) is 5.25. The van der Waals surface area contributed by atoms with E-state index in [9.17, 15) is 14.3 Å². The van der Waals surface area contributed by atoms with Gasteiger partial charge in [0.15, 0.2) is 0 Å². The van der Waals surface area contributed by atoms with E-state index in [0.29, 0.717) is 38.1 Å². The Kier molecular flexibility index (Phi) is 8.70. The molecule has 0 saturated heterocycles. The third-order valence-electron chi connectivity index (χ3n) is 3.45. The molecule has 1 unspecified atom stereocenters. The van der Waals surface area contributed by atoms with Gasteiger partial charge in [0, 0.05) is 13.1 Å². The van der Waals surface area contributed by atoms with Crippen molar-refractivity contribution < 1.29 is 19.0 Å². The monoisotopic (exact) mass is 311 g/mol. The highest BCUT2D eigenvalue weighted by Crippen LogP contribution is 2.17. The lowest BCUT2D eigenvalue weighted by atomic mass is 10.1. The molecule has 4 nitrogen and oxygen atoms in total. The van der Waals surface area contributed by atoms with E-state index in [2.05, 4.69) is 11.8 Å². The molecule has 5 heteroatoms. The van der Waals surface area contributed by atoms with Crippen LogP contribution in [0.15, 0.2) is 24.3 Å². The molecule has 1 aromatic rings. The van der Waals surface area contributed by atoms with E-state index in [0.717, 1.165) is 13.0 Å². The summed E-state index contributed by atoms with van der Waals surface area (Å²) in [5.41, 5.74) is 0.711. The van der Waals surface area contributed by atoms with Crippen molar-refractivity contribution >= 4 is 5.97 Å². The topological polar surface area (TPSA) is 49.8 Å². The molecule has 0 fully saturated rings. The number of rotatable bonds is 10. The minimum atomic E-state index is -0.623. The summed E-state index contributed by atoms with van der Waals surface area (Å²) in [6, 6.07) is 5.90. The molecule has 0 bridgehead atoms. The fourth-order valence-electron chi connectivity index (χ4n) is 2.29. The van der Waals surface area contributed by atoms with Crippen LogP contribution in [0.2, 0.25) is 0 Å². The summed E-state index contributed by atoms with van der Waals surface area (Å²) in [7, 11) is 0. The number of esters is 1. The maximum Gasteiger partial charge on any atom is 0.307 e. The molecule has 0 spiro atoms. The van der Waals surface area contributed by atoms with E-state index in [-0.39, 0.29) is 11.8 Å². The quantitative estimate of drug-likeness (QED) is 0.675. The van der Waals surface area contributed by atoms with Crippen molar-refractivity contribution in [3.8, 4) is 0 Å². The molecule has 1 aromatic carbocycles. The Morgan fingerprint density at radius 1 is 1.23 bits per heavy atom. The number of carbonyl (C=O) groups excluding carboxylic acids is 1. The van der Waals surface area contributed by atoms with Crippen LogP contribution < -0.4 is 0 Å².